The van der Waals surface area contributed by atoms with E-state index in [0.29, 0.717) is 5.56 Å². The number of carbonyl (C=O) groups is 1. The molecule has 16 heavy (non-hydrogen) atoms. The number of aromatic nitrogens is 1. The first-order valence-electron chi connectivity index (χ1n) is 5.35. The van der Waals surface area contributed by atoms with Gasteiger partial charge in [0, 0.05) is 17.5 Å². The Bertz CT molecular complexity index is 535. The summed E-state index contributed by atoms with van der Waals surface area (Å²) < 4.78 is 0. The maximum absolute atomic E-state index is 10.7. The molecule has 3 nitrogen and oxygen atoms in total. The largest absolute Gasteiger partial charge is 0.370 e. The molecule has 0 saturated carbocycles. The highest BCUT2D eigenvalue weighted by Crippen LogP contribution is 2.20. The van der Waals surface area contributed by atoms with E-state index < -0.39 is 0 Å². The molecule has 1 aromatic carbocycles. The highest BCUT2D eigenvalue weighted by atomic mass is 16.1. The van der Waals surface area contributed by atoms with Crippen molar-refractivity contribution >= 4 is 23.0 Å². The van der Waals surface area contributed by atoms with Crippen molar-refractivity contribution in [3.63, 3.8) is 0 Å². The monoisotopic (exact) mass is 214 g/mol. The van der Waals surface area contributed by atoms with Crippen molar-refractivity contribution < 1.29 is 4.79 Å². The summed E-state index contributed by atoms with van der Waals surface area (Å²) in [5.74, 6) is 0.911. The molecule has 0 amide bonds. The Morgan fingerprint density at radius 1 is 1.38 bits per heavy atom. The van der Waals surface area contributed by atoms with Gasteiger partial charge in [-0.05, 0) is 43.7 Å². The van der Waals surface area contributed by atoms with Gasteiger partial charge in [-0.15, -0.1) is 0 Å². The van der Waals surface area contributed by atoms with Crippen LogP contribution in [-0.2, 0) is 0 Å². The summed E-state index contributed by atoms with van der Waals surface area (Å²) in [4.78, 5) is 15.2. The van der Waals surface area contributed by atoms with Crippen LogP contribution in [0.4, 0.5) is 5.82 Å². The Kier molecular flexibility index (Phi) is 2.86. The van der Waals surface area contributed by atoms with E-state index in [-0.39, 0.29) is 0 Å². The molecule has 82 valence electrons. The first-order valence-corrected chi connectivity index (χ1v) is 5.35. The summed E-state index contributed by atoms with van der Waals surface area (Å²) in [6, 6.07) is 7.57. The van der Waals surface area contributed by atoms with Crippen molar-refractivity contribution in [2.45, 2.75) is 13.8 Å². The fraction of sp³-hybridized carbons (Fsp3) is 0.231. The average molecular weight is 214 g/mol. The van der Waals surface area contributed by atoms with Crippen LogP contribution in [0, 0.1) is 6.92 Å². The van der Waals surface area contributed by atoms with Crippen LogP contribution in [0.15, 0.2) is 24.3 Å². The van der Waals surface area contributed by atoms with E-state index in [9.17, 15) is 4.79 Å². The number of fused-ring (bicyclic) bond motifs is 1. The van der Waals surface area contributed by atoms with E-state index in [0.717, 1.165) is 35.1 Å². The molecule has 1 N–H and O–H groups in total. The van der Waals surface area contributed by atoms with E-state index in [2.05, 4.69) is 10.3 Å². The number of aldehydes is 1. The fourth-order valence-corrected chi connectivity index (χ4v) is 1.72. The maximum atomic E-state index is 10.7. The molecular weight excluding hydrogens is 200 g/mol. The lowest BCUT2D eigenvalue weighted by Crippen LogP contribution is -2.01. The summed E-state index contributed by atoms with van der Waals surface area (Å²) in [7, 11) is 0. The smallest absolute Gasteiger partial charge is 0.150 e. The van der Waals surface area contributed by atoms with E-state index in [4.69, 9.17) is 0 Å². The summed E-state index contributed by atoms with van der Waals surface area (Å²) in [6.45, 7) is 4.91. The van der Waals surface area contributed by atoms with Crippen LogP contribution in [0.5, 0.6) is 0 Å². The number of benzene rings is 1. The number of hydrogen-bond donors (Lipinski definition) is 1. The molecule has 0 aliphatic rings. The van der Waals surface area contributed by atoms with E-state index in [1.54, 1.807) is 6.07 Å². The Labute approximate surface area is 94.5 Å². The molecule has 0 atom stereocenters. The third-order valence-corrected chi connectivity index (χ3v) is 2.51. The molecule has 2 aromatic rings. The average Bonchev–Trinajstić information content (AvgIpc) is 2.30. The zero-order valence-corrected chi connectivity index (χ0v) is 9.45. The molecule has 3 heteroatoms. The summed E-state index contributed by atoms with van der Waals surface area (Å²) >= 11 is 0. The number of pyridine rings is 1. The van der Waals surface area contributed by atoms with Crippen molar-refractivity contribution in [2.24, 2.45) is 0 Å². The molecule has 0 bridgehead atoms. The summed E-state index contributed by atoms with van der Waals surface area (Å²) in [5.41, 5.74) is 2.69. The predicted octanol–water partition coefficient (Wildman–Crippen LogP) is 2.79. The zero-order chi connectivity index (χ0) is 11.5. The van der Waals surface area contributed by atoms with Gasteiger partial charge in [-0.25, -0.2) is 4.98 Å². The molecule has 0 fully saturated rings. The van der Waals surface area contributed by atoms with Crippen molar-refractivity contribution in [2.75, 3.05) is 11.9 Å². The van der Waals surface area contributed by atoms with Crippen LogP contribution < -0.4 is 5.32 Å². The minimum Gasteiger partial charge on any atom is -0.370 e. The van der Waals surface area contributed by atoms with Crippen LogP contribution in [0.3, 0.4) is 0 Å². The van der Waals surface area contributed by atoms with Gasteiger partial charge in [0.2, 0.25) is 0 Å². The molecule has 0 aliphatic heterocycles. The minimum atomic E-state index is 0.685. The molecule has 0 saturated heterocycles. The normalized spacial score (nSPS) is 10.4. The Morgan fingerprint density at radius 3 is 2.88 bits per heavy atom. The van der Waals surface area contributed by atoms with Gasteiger partial charge in [0.05, 0.1) is 5.52 Å². The second-order valence-electron chi connectivity index (χ2n) is 3.75. The number of nitrogens with zero attached hydrogens (tertiary/aromatic N) is 1. The van der Waals surface area contributed by atoms with Crippen LogP contribution in [0.1, 0.15) is 22.8 Å². The molecule has 1 aromatic heterocycles. The number of carbonyl (C=O) groups excluding carboxylic acids is 1. The second kappa shape index (κ2) is 4.31. The number of hydrogen-bond acceptors (Lipinski definition) is 3. The number of anilines is 1. The fourth-order valence-electron chi connectivity index (χ4n) is 1.72. The van der Waals surface area contributed by atoms with Gasteiger partial charge >= 0.3 is 0 Å². The second-order valence-corrected chi connectivity index (χ2v) is 3.75. The molecular formula is C13H14N2O. The number of rotatable bonds is 3. The number of nitrogens with one attached hydrogen (secondary N) is 1. The quantitative estimate of drug-likeness (QED) is 0.799. The SMILES string of the molecule is CCNc1nc2ccc(C=O)cc2cc1C. The first-order chi connectivity index (χ1) is 7.74. The summed E-state index contributed by atoms with van der Waals surface area (Å²) in [5, 5.41) is 4.22. The first kappa shape index (κ1) is 10.6. The Hall–Kier alpha value is -1.90. The Morgan fingerprint density at radius 2 is 2.19 bits per heavy atom. The minimum absolute atomic E-state index is 0.685. The van der Waals surface area contributed by atoms with Gasteiger partial charge in [-0.1, -0.05) is 0 Å². The predicted molar refractivity (Wildman–Crippen MR) is 66.0 cm³/mol. The van der Waals surface area contributed by atoms with Gasteiger partial charge in [0.15, 0.2) is 0 Å². The van der Waals surface area contributed by atoms with Gasteiger partial charge in [0.1, 0.15) is 12.1 Å². The third-order valence-electron chi connectivity index (χ3n) is 2.51. The standard InChI is InChI=1S/C13H14N2O/c1-3-14-13-9(2)6-11-7-10(8-16)4-5-12(11)15-13/h4-8H,3H2,1-2H3,(H,14,15). The van der Waals surface area contributed by atoms with Gasteiger partial charge < -0.3 is 5.32 Å². The van der Waals surface area contributed by atoms with E-state index in [1.807, 2.05) is 32.0 Å². The lowest BCUT2D eigenvalue weighted by atomic mass is 10.1. The molecule has 2 rings (SSSR count). The topological polar surface area (TPSA) is 42.0 Å². The zero-order valence-electron chi connectivity index (χ0n) is 9.45. The Balaban J connectivity index is 2.59. The molecule has 0 spiro atoms. The van der Waals surface area contributed by atoms with E-state index >= 15 is 0 Å². The van der Waals surface area contributed by atoms with Crippen molar-refractivity contribution in [3.8, 4) is 0 Å². The van der Waals surface area contributed by atoms with Crippen LogP contribution in [-0.4, -0.2) is 17.8 Å². The van der Waals surface area contributed by atoms with Crippen LogP contribution in [0.2, 0.25) is 0 Å². The maximum Gasteiger partial charge on any atom is 0.150 e. The van der Waals surface area contributed by atoms with Crippen molar-refractivity contribution in [1.29, 1.82) is 0 Å². The van der Waals surface area contributed by atoms with Gasteiger partial charge in [-0.3, -0.25) is 4.79 Å². The lowest BCUT2D eigenvalue weighted by molar-refractivity contribution is 0.112. The van der Waals surface area contributed by atoms with Gasteiger partial charge in [-0.2, -0.15) is 0 Å². The molecule has 0 aliphatic carbocycles. The lowest BCUT2D eigenvalue weighted by Gasteiger charge is -2.08. The molecule has 0 unspecified atom stereocenters. The highest BCUT2D eigenvalue weighted by molar-refractivity contribution is 5.88. The van der Waals surface area contributed by atoms with Crippen LogP contribution in [0.25, 0.3) is 10.9 Å². The molecule has 1 heterocycles. The highest BCUT2D eigenvalue weighted by Gasteiger charge is 2.03. The third kappa shape index (κ3) is 1.89. The van der Waals surface area contributed by atoms with E-state index in [1.165, 1.54) is 0 Å². The van der Waals surface area contributed by atoms with Crippen molar-refractivity contribution in [3.05, 3.63) is 35.4 Å². The summed E-state index contributed by atoms with van der Waals surface area (Å²) in [6.07, 6.45) is 0.854. The number of aryl methyl sites for hydroxylation is 1. The molecule has 0 radical (unpaired) electrons. The van der Waals surface area contributed by atoms with Crippen LogP contribution >= 0.6 is 0 Å². The van der Waals surface area contributed by atoms with Gasteiger partial charge in [0.25, 0.3) is 0 Å². The van der Waals surface area contributed by atoms with Crippen molar-refractivity contribution in [1.82, 2.24) is 4.98 Å².